The van der Waals surface area contributed by atoms with Gasteiger partial charge in [0, 0.05) is 37.1 Å². The van der Waals surface area contributed by atoms with Crippen molar-refractivity contribution in [1.29, 1.82) is 0 Å². The molecule has 0 aliphatic rings. The molecule has 20 heavy (non-hydrogen) atoms. The van der Waals surface area contributed by atoms with Crippen molar-refractivity contribution in [2.45, 2.75) is 6.92 Å². The lowest BCUT2D eigenvalue weighted by molar-refractivity contribution is 0.0790. The standard InChI is InChI=1S/C14H13F2N3O/c1-3-19(2)14(20)13-17-7-9(8-18-13)11-6-10(15)4-5-12(11)16/h4-8H,3H2,1-2H3. The molecule has 1 heterocycles. The second-order valence-corrected chi connectivity index (χ2v) is 4.24. The SMILES string of the molecule is CCN(C)C(=O)c1ncc(-c2cc(F)ccc2F)cn1. The Morgan fingerprint density at radius 1 is 1.25 bits per heavy atom. The summed E-state index contributed by atoms with van der Waals surface area (Å²) in [6.45, 7) is 2.36. The van der Waals surface area contributed by atoms with Crippen molar-refractivity contribution in [3.63, 3.8) is 0 Å². The summed E-state index contributed by atoms with van der Waals surface area (Å²) in [5.74, 6) is -1.42. The van der Waals surface area contributed by atoms with Gasteiger partial charge in [-0.3, -0.25) is 4.79 Å². The molecular formula is C14H13F2N3O. The molecule has 0 N–H and O–H groups in total. The Balaban J connectivity index is 2.33. The van der Waals surface area contributed by atoms with E-state index >= 15 is 0 Å². The minimum Gasteiger partial charge on any atom is -0.339 e. The number of halogens is 2. The maximum Gasteiger partial charge on any atom is 0.291 e. The maximum atomic E-state index is 13.6. The molecule has 1 aromatic heterocycles. The van der Waals surface area contributed by atoms with E-state index in [0.717, 1.165) is 18.2 Å². The monoisotopic (exact) mass is 277 g/mol. The number of benzene rings is 1. The first-order chi connectivity index (χ1) is 9.52. The number of nitrogens with zero attached hydrogens (tertiary/aromatic N) is 3. The van der Waals surface area contributed by atoms with Crippen molar-refractivity contribution in [3.05, 3.63) is 48.1 Å². The zero-order valence-corrected chi connectivity index (χ0v) is 11.1. The van der Waals surface area contributed by atoms with Crippen molar-refractivity contribution in [2.24, 2.45) is 0 Å². The van der Waals surface area contributed by atoms with Gasteiger partial charge in [0.15, 0.2) is 0 Å². The molecule has 0 bridgehead atoms. The van der Waals surface area contributed by atoms with E-state index in [1.807, 2.05) is 6.92 Å². The molecule has 0 unspecified atom stereocenters. The molecule has 104 valence electrons. The van der Waals surface area contributed by atoms with Crippen molar-refractivity contribution in [2.75, 3.05) is 13.6 Å². The van der Waals surface area contributed by atoms with Gasteiger partial charge in [-0.15, -0.1) is 0 Å². The van der Waals surface area contributed by atoms with Gasteiger partial charge in [-0.05, 0) is 25.1 Å². The molecule has 1 aromatic carbocycles. The molecule has 0 aliphatic heterocycles. The molecule has 0 spiro atoms. The number of aromatic nitrogens is 2. The second kappa shape index (κ2) is 5.73. The summed E-state index contributed by atoms with van der Waals surface area (Å²) in [5, 5.41) is 0. The third-order valence-electron chi connectivity index (χ3n) is 2.90. The van der Waals surface area contributed by atoms with Crippen LogP contribution in [0.4, 0.5) is 8.78 Å². The highest BCUT2D eigenvalue weighted by Gasteiger charge is 2.14. The van der Waals surface area contributed by atoms with Crippen molar-refractivity contribution < 1.29 is 13.6 Å². The number of amides is 1. The van der Waals surface area contributed by atoms with Gasteiger partial charge in [0.05, 0.1) is 0 Å². The summed E-state index contributed by atoms with van der Waals surface area (Å²) in [5.41, 5.74) is 0.380. The van der Waals surface area contributed by atoms with Gasteiger partial charge in [-0.25, -0.2) is 18.7 Å². The van der Waals surface area contributed by atoms with Crippen LogP contribution in [-0.4, -0.2) is 34.4 Å². The fourth-order valence-corrected chi connectivity index (χ4v) is 1.61. The van der Waals surface area contributed by atoms with Crippen LogP contribution in [0.15, 0.2) is 30.6 Å². The highest BCUT2D eigenvalue weighted by Crippen LogP contribution is 2.22. The first-order valence-electron chi connectivity index (χ1n) is 6.06. The van der Waals surface area contributed by atoms with Gasteiger partial charge < -0.3 is 4.90 Å². The Labute approximate surface area is 115 Å². The number of rotatable bonds is 3. The van der Waals surface area contributed by atoms with Gasteiger partial charge in [-0.2, -0.15) is 0 Å². The summed E-state index contributed by atoms with van der Waals surface area (Å²) < 4.78 is 26.7. The van der Waals surface area contributed by atoms with E-state index in [1.54, 1.807) is 7.05 Å². The largest absolute Gasteiger partial charge is 0.339 e. The van der Waals surface area contributed by atoms with E-state index in [-0.39, 0.29) is 17.3 Å². The van der Waals surface area contributed by atoms with E-state index < -0.39 is 11.6 Å². The lowest BCUT2D eigenvalue weighted by atomic mass is 10.1. The first kappa shape index (κ1) is 14.0. The van der Waals surface area contributed by atoms with Gasteiger partial charge in [0.2, 0.25) is 5.82 Å². The summed E-state index contributed by atoms with van der Waals surface area (Å²) in [7, 11) is 1.63. The molecule has 2 rings (SSSR count). The normalized spacial score (nSPS) is 10.4. The van der Waals surface area contributed by atoms with Gasteiger partial charge in [-0.1, -0.05) is 0 Å². The zero-order valence-electron chi connectivity index (χ0n) is 11.1. The topological polar surface area (TPSA) is 46.1 Å². The fraction of sp³-hybridized carbons (Fsp3) is 0.214. The Kier molecular flexibility index (Phi) is 4.02. The van der Waals surface area contributed by atoms with E-state index in [2.05, 4.69) is 9.97 Å². The second-order valence-electron chi connectivity index (χ2n) is 4.24. The molecule has 2 aromatic rings. The molecule has 0 saturated carbocycles. The van der Waals surface area contributed by atoms with E-state index in [0.29, 0.717) is 12.1 Å². The van der Waals surface area contributed by atoms with Gasteiger partial charge >= 0.3 is 0 Å². The fourth-order valence-electron chi connectivity index (χ4n) is 1.61. The minimum atomic E-state index is -0.570. The van der Waals surface area contributed by atoms with Crippen LogP contribution in [0.1, 0.15) is 17.5 Å². The summed E-state index contributed by atoms with van der Waals surface area (Å²) in [6, 6.07) is 3.13. The number of hydrogen-bond donors (Lipinski definition) is 0. The number of carbonyl (C=O) groups is 1. The summed E-state index contributed by atoms with van der Waals surface area (Å²) in [6.07, 6.45) is 2.61. The van der Waals surface area contributed by atoms with E-state index in [1.165, 1.54) is 17.3 Å². The Hall–Kier alpha value is -2.37. The highest BCUT2D eigenvalue weighted by atomic mass is 19.1. The van der Waals surface area contributed by atoms with Crippen LogP contribution in [0.2, 0.25) is 0 Å². The van der Waals surface area contributed by atoms with E-state index in [4.69, 9.17) is 0 Å². The van der Waals surface area contributed by atoms with Crippen LogP contribution in [0.3, 0.4) is 0 Å². The zero-order chi connectivity index (χ0) is 14.7. The van der Waals surface area contributed by atoms with Gasteiger partial charge in [0.1, 0.15) is 11.6 Å². The van der Waals surface area contributed by atoms with Crippen LogP contribution >= 0.6 is 0 Å². The summed E-state index contributed by atoms with van der Waals surface area (Å²) >= 11 is 0. The molecular weight excluding hydrogens is 264 g/mol. The van der Waals surface area contributed by atoms with Crippen LogP contribution in [-0.2, 0) is 0 Å². The van der Waals surface area contributed by atoms with E-state index in [9.17, 15) is 13.6 Å². The maximum absolute atomic E-state index is 13.6. The van der Waals surface area contributed by atoms with Crippen molar-refractivity contribution in [3.8, 4) is 11.1 Å². The molecule has 6 heteroatoms. The molecule has 4 nitrogen and oxygen atoms in total. The molecule has 0 saturated heterocycles. The van der Waals surface area contributed by atoms with Gasteiger partial charge in [0.25, 0.3) is 5.91 Å². The van der Waals surface area contributed by atoms with Crippen LogP contribution < -0.4 is 0 Å². The molecule has 0 radical (unpaired) electrons. The van der Waals surface area contributed by atoms with Crippen LogP contribution in [0.5, 0.6) is 0 Å². The molecule has 1 amide bonds. The predicted octanol–water partition coefficient (Wildman–Crippen LogP) is 2.51. The Bertz CT molecular complexity index is 629. The average Bonchev–Trinajstić information content (AvgIpc) is 2.48. The lowest BCUT2D eigenvalue weighted by Gasteiger charge is -2.12. The molecule has 0 aliphatic carbocycles. The smallest absolute Gasteiger partial charge is 0.291 e. The number of carbonyl (C=O) groups excluding carboxylic acids is 1. The highest BCUT2D eigenvalue weighted by molar-refractivity contribution is 5.90. The third-order valence-corrected chi connectivity index (χ3v) is 2.90. The molecule has 0 fully saturated rings. The Morgan fingerprint density at radius 3 is 2.50 bits per heavy atom. The van der Waals surface area contributed by atoms with Crippen molar-refractivity contribution in [1.82, 2.24) is 14.9 Å². The third kappa shape index (κ3) is 2.79. The average molecular weight is 277 g/mol. The summed E-state index contributed by atoms with van der Waals surface area (Å²) in [4.78, 5) is 21.1. The molecule has 0 atom stereocenters. The quantitative estimate of drug-likeness (QED) is 0.866. The lowest BCUT2D eigenvalue weighted by Crippen LogP contribution is -2.27. The van der Waals surface area contributed by atoms with Crippen LogP contribution in [0.25, 0.3) is 11.1 Å². The minimum absolute atomic E-state index is 0.0231. The predicted molar refractivity (Wildman–Crippen MR) is 70.0 cm³/mol. The number of hydrogen-bond acceptors (Lipinski definition) is 3. The first-order valence-corrected chi connectivity index (χ1v) is 6.06. The van der Waals surface area contributed by atoms with Crippen LogP contribution in [0, 0.1) is 11.6 Å². The van der Waals surface area contributed by atoms with Crippen molar-refractivity contribution >= 4 is 5.91 Å². The Morgan fingerprint density at radius 2 is 1.90 bits per heavy atom.